The van der Waals surface area contributed by atoms with Crippen molar-refractivity contribution in [3.63, 3.8) is 0 Å². The van der Waals surface area contributed by atoms with Crippen molar-refractivity contribution >= 4 is 17.0 Å². The quantitative estimate of drug-likeness (QED) is 0.692. The summed E-state index contributed by atoms with van der Waals surface area (Å²) in [6.07, 6.45) is -2.87. The number of rotatable bonds is 4. The van der Waals surface area contributed by atoms with Crippen molar-refractivity contribution in [2.75, 3.05) is 4.72 Å². The minimum atomic E-state index is -4.42. The van der Waals surface area contributed by atoms with Crippen molar-refractivity contribution < 1.29 is 17.7 Å². The Balaban J connectivity index is 1.79. The topological polar surface area (TPSA) is 63.8 Å². The molecule has 0 radical (unpaired) electrons. The van der Waals surface area contributed by atoms with E-state index >= 15 is 0 Å². The van der Waals surface area contributed by atoms with Gasteiger partial charge in [0.25, 0.3) is 0 Å². The van der Waals surface area contributed by atoms with E-state index in [-0.39, 0.29) is 4.90 Å². The maximum atomic E-state index is 12.6. The average Bonchev–Trinajstić information content (AvgIpc) is 3.03. The standard InChI is InChI=1S/C16H12F3N3OS/c17-16(18,19)12-6-8-13(9-7-12)24(23)22-14-10-20-21-15(14)11-4-2-1-3-5-11/h1-10,22H,(H,20,21). The van der Waals surface area contributed by atoms with Gasteiger partial charge < -0.3 is 4.55 Å². The minimum Gasteiger partial charge on any atom is -0.588 e. The predicted octanol–water partition coefficient (Wildman–Crippen LogP) is 4.23. The first kappa shape index (κ1) is 16.4. The summed E-state index contributed by atoms with van der Waals surface area (Å²) in [5.41, 5.74) is 1.12. The molecule has 2 N–H and O–H groups in total. The molecule has 1 heterocycles. The van der Waals surface area contributed by atoms with E-state index in [1.807, 2.05) is 30.3 Å². The van der Waals surface area contributed by atoms with Crippen molar-refractivity contribution in [3.05, 3.63) is 66.4 Å². The molecule has 0 saturated carbocycles. The average molecular weight is 351 g/mol. The van der Waals surface area contributed by atoms with Crippen molar-refractivity contribution in [3.8, 4) is 11.3 Å². The number of aromatic amines is 1. The molecule has 0 amide bonds. The molecule has 124 valence electrons. The number of nitrogens with one attached hydrogen (secondary N) is 2. The van der Waals surface area contributed by atoms with Crippen molar-refractivity contribution in [2.24, 2.45) is 0 Å². The van der Waals surface area contributed by atoms with Gasteiger partial charge in [0.2, 0.25) is 0 Å². The number of hydrogen-bond donors (Lipinski definition) is 2. The summed E-state index contributed by atoms with van der Waals surface area (Å²) in [5.74, 6) is 0. The van der Waals surface area contributed by atoms with Gasteiger partial charge >= 0.3 is 6.18 Å². The zero-order chi connectivity index (χ0) is 17.2. The molecule has 24 heavy (non-hydrogen) atoms. The zero-order valence-corrected chi connectivity index (χ0v) is 13.0. The Kier molecular flexibility index (Phi) is 4.50. The van der Waals surface area contributed by atoms with Crippen molar-refractivity contribution in [1.82, 2.24) is 10.2 Å². The van der Waals surface area contributed by atoms with Gasteiger partial charge in [0.05, 0.1) is 5.56 Å². The van der Waals surface area contributed by atoms with Crippen molar-refractivity contribution in [2.45, 2.75) is 11.1 Å². The third-order valence-corrected chi connectivity index (χ3v) is 4.39. The van der Waals surface area contributed by atoms with Crippen LogP contribution in [-0.4, -0.2) is 14.8 Å². The van der Waals surface area contributed by atoms with Crippen LogP contribution in [0.5, 0.6) is 0 Å². The molecule has 4 nitrogen and oxygen atoms in total. The number of benzene rings is 2. The van der Waals surface area contributed by atoms with Crippen molar-refractivity contribution in [1.29, 1.82) is 0 Å². The highest BCUT2D eigenvalue weighted by atomic mass is 32.2. The van der Waals surface area contributed by atoms with E-state index in [9.17, 15) is 17.7 Å². The first-order chi connectivity index (χ1) is 11.4. The lowest BCUT2D eigenvalue weighted by atomic mass is 10.1. The van der Waals surface area contributed by atoms with Gasteiger partial charge in [-0.3, -0.25) is 5.10 Å². The lowest BCUT2D eigenvalue weighted by molar-refractivity contribution is -0.137. The molecular formula is C16H12F3N3OS. The summed E-state index contributed by atoms with van der Waals surface area (Å²) in [6, 6.07) is 13.4. The molecule has 0 fully saturated rings. The molecule has 0 aliphatic rings. The van der Waals surface area contributed by atoms with Gasteiger partial charge in [-0.25, -0.2) is 0 Å². The molecule has 1 atom stereocenters. The highest BCUT2D eigenvalue weighted by Crippen LogP contribution is 2.31. The number of nitrogens with zero attached hydrogens (tertiary/aromatic N) is 1. The van der Waals surface area contributed by atoms with Crippen LogP contribution in [0.1, 0.15) is 5.56 Å². The minimum absolute atomic E-state index is 0.239. The molecule has 2 aromatic carbocycles. The molecule has 1 aromatic heterocycles. The van der Waals surface area contributed by atoms with Gasteiger partial charge in [-0.1, -0.05) is 30.3 Å². The van der Waals surface area contributed by atoms with Gasteiger partial charge in [0, 0.05) is 11.8 Å². The lowest BCUT2D eigenvalue weighted by Crippen LogP contribution is -2.14. The van der Waals surface area contributed by atoms with Gasteiger partial charge in [-0.2, -0.15) is 23.0 Å². The Bertz CT molecular complexity index is 803. The molecule has 3 aromatic rings. The van der Waals surface area contributed by atoms with E-state index in [0.29, 0.717) is 11.4 Å². The van der Waals surface area contributed by atoms with Crippen LogP contribution in [0.2, 0.25) is 0 Å². The van der Waals surface area contributed by atoms with E-state index in [4.69, 9.17) is 0 Å². The summed E-state index contributed by atoms with van der Waals surface area (Å²) in [4.78, 5) is 0.239. The van der Waals surface area contributed by atoms with Gasteiger partial charge in [-0.15, -0.1) is 0 Å². The summed E-state index contributed by atoms with van der Waals surface area (Å²) >= 11 is -1.71. The largest absolute Gasteiger partial charge is 0.588 e. The monoisotopic (exact) mass is 351 g/mol. The van der Waals surface area contributed by atoms with E-state index < -0.39 is 23.1 Å². The molecule has 0 saturated heterocycles. The number of hydrogen-bond acceptors (Lipinski definition) is 3. The second-order valence-electron chi connectivity index (χ2n) is 4.91. The fourth-order valence-corrected chi connectivity index (χ4v) is 2.97. The van der Waals surface area contributed by atoms with Crippen LogP contribution in [0.4, 0.5) is 18.9 Å². The Hall–Kier alpha value is -2.45. The molecule has 0 aliphatic heterocycles. The predicted molar refractivity (Wildman–Crippen MR) is 85.5 cm³/mol. The number of halogens is 3. The van der Waals surface area contributed by atoms with E-state index in [1.165, 1.54) is 12.1 Å². The highest BCUT2D eigenvalue weighted by Gasteiger charge is 2.30. The molecule has 0 aliphatic carbocycles. The van der Waals surface area contributed by atoms with E-state index in [2.05, 4.69) is 14.9 Å². The Labute approximate surface area is 139 Å². The van der Waals surface area contributed by atoms with Crippen LogP contribution in [0.25, 0.3) is 11.3 Å². The Morgan fingerprint density at radius 1 is 1.00 bits per heavy atom. The summed E-state index contributed by atoms with van der Waals surface area (Å²) in [7, 11) is 0. The van der Waals surface area contributed by atoms with Crippen LogP contribution >= 0.6 is 0 Å². The maximum Gasteiger partial charge on any atom is 0.416 e. The Morgan fingerprint density at radius 2 is 1.67 bits per heavy atom. The first-order valence-electron chi connectivity index (χ1n) is 6.90. The maximum absolute atomic E-state index is 12.6. The third-order valence-electron chi connectivity index (χ3n) is 3.29. The van der Waals surface area contributed by atoms with Gasteiger partial charge in [-0.05, 0) is 24.3 Å². The van der Waals surface area contributed by atoms with Crippen LogP contribution in [0.15, 0.2) is 65.7 Å². The number of H-pyrrole nitrogens is 1. The molecule has 0 bridgehead atoms. The molecule has 0 spiro atoms. The SMILES string of the molecule is [O-][S+](Nc1c[nH]nc1-c1ccccc1)c1ccc(C(F)(F)F)cc1. The summed E-state index contributed by atoms with van der Waals surface area (Å²) in [6.45, 7) is 0. The third kappa shape index (κ3) is 3.55. The van der Waals surface area contributed by atoms with Crippen LogP contribution < -0.4 is 4.72 Å². The number of anilines is 1. The normalized spacial score (nSPS) is 12.8. The second-order valence-corrected chi connectivity index (χ2v) is 6.12. The van der Waals surface area contributed by atoms with Gasteiger partial charge in [0.15, 0.2) is 4.90 Å². The number of alkyl halides is 3. The first-order valence-corrected chi connectivity index (χ1v) is 8.05. The molecule has 1 unspecified atom stereocenters. The Morgan fingerprint density at radius 3 is 2.29 bits per heavy atom. The lowest BCUT2D eigenvalue weighted by Gasteiger charge is -2.12. The zero-order valence-electron chi connectivity index (χ0n) is 12.2. The van der Waals surface area contributed by atoms with E-state index in [1.54, 1.807) is 6.20 Å². The van der Waals surface area contributed by atoms with Crippen LogP contribution in [0.3, 0.4) is 0 Å². The fourth-order valence-electron chi connectivity index (χ4n) is 2.11. The summed E-state index contributed by atoms with van der Waals surface area (Å²) < 4.78 is 52.8. The molecule has 8 heteroatoms. The van der Waals surface area contributed by atoms with E-state index in [0.717, 1.165) is 17.7 Å². The van der Waals surface area contributed by atoms with Crippen LogP contribution in [0, 0.1) is 0 Å². The smallest absolute Gasteiger partial charge is 0.416 e. The molecular weight excluding hydrogens is 339 g/mol. The second kappa shape index (κ2) is 6.58. The molecule has 3 rings (SSSR count). The van der Waals surface area contributed by atoms with Crippen LogP contribution in [-0.2, 0) is 17.5 Å². The fraction of sp³-hybridized carbons (Fsp3) is 0.0625. The van der Waals surface area contributed by atoms with Gasteiger partial charge in [0.1, 0.15) is 22.7 Å². The highest BCUT2D eigenvalue weighted by molar-refractivity contribution is 7.92. The summed E-state index contributed by atoms with van der Waals surface area (Å²) in [5, 5.41) is 6.80. The number of aromatic nitrogens is 2.